The van der Waals surface area contributed by atoms with E-state index in [9.17, 15) is 4.39 Å². The fourth-order valence-electron chi connectivity index (χ4n) is 1.98. The Kier molecular flexibility index (Phi) is 4.01. The summed E-state index contributed by atoms with van der Waals surface area (Å²) in [6.45, 7) is 2.95. The summed E-state index contributed by atoms with van der Waals surface area (Å²) < 4.78 is 15.8. The van der Waals surface area contributed by atoms with Crippen LogP contribution in [0.2, 0.25) is 0 Å². The minimum absolute atomic E-state index is 0.313. The van der Waals surface area contributed by atoms with Gasteiger partial charge in [-0.05, 0) is 19.1 Å². The molecule has 0 aliphatic heterocycles. The van der Waals surface area contributed by atoms with Crippen molar-refractivity contribution in [1.82, 2.24) is 24.7 Å². The molecule has 1 N–H and O–H groups in total. The third kappa shape index (κ3) is 2.97. The Balaban J connectivity index is 1.73. The zero-order chi connectivity index (χ0) is 14.7. The summed E-state index contributed by atoms with van der Waals surface area (Å²) in [4.78, 5) is 8.61. The van der Waals surface area contributed by atoms with Crippen molar-refractivity contribution in [2.45, 2.75) is 24.4 Å². The Hall–Kier alpha value is -2.15. The molecule has 0 atom stereocenters. The van der Waals surface area contributed by atoms with E-state index in [-0.39, 0.29) is 5.82 Å². The number of halogens is 1. The molecule has 3 aromatic rings. The number of aromatic nitrogens is 5. The van der Waals surface area contributed by atoms with Gasteiger partial charge in [0.05, 0.1) is 11.3 Å². The summed E-state index contributed by atoms with van der Waals surface area (Å²) in [7, 11) is 0. The molecule has 108 valence electrons. The molecular formula is C14H14FN5S. The van der Waals surface area contributed by atoms with E-state index in [1.807, 2.05) is 6.20 Å². The average Bonchev–Trinajstić information content (AvgIpc) is 3.14. The Morgan fingerprint density at radius 1 is 1.33 bits per heavy atom. The van der Waals surface area contributed by atoms with E-state index in [0.29, 0.717) is 22.3 Å². The number of hydrogen-bond acceptors (Lipinski definition) is 4. The zero-order valence-corrected chi connectivity index (χ0v) is 12.3. The second-order valence-corrected chi connectivity index (χ2v) is 5.31. The monoisotopic (exact) mass is 303 g/mol. The summed E-state index contributed by atoms with van der Waals surface area (Å²) in [6, 6.07) is 6.50. The minimum atomic E-state index is -0.313. The Labute approximate surface area is 125 Å². The van der Waals surface area contributed by atoms with Gasteiger partial charge in [-0.2, -0.15) is 0 Å². The van der Waals surface area contributed by atoms with E-state index in [2.05, 4.69) is 31.7 Å². The smallest absolute Gasteiger partial charge is 0.209 e. The maximum absolute atomic E-state index is 13.7. The number of aromatic amines is 1. The summed E-state index contributed by atoms with van der Waals surface area (Å²) in [6.07, 6.45) is 3.72. The van der Waals surface area contributed by atoms with E-state index >= 15 is 0 Å². The van der Waals surface area contributed by atoms with Crippen molar-refractivity contribution in [3.05, 3.63) is 48.3 Å². The molecule has 2 aromatic heterocycles. The van der Waals surface area contributed by atoms with Gasteiger partial charge in [0.1, 0.15) is 11.6 Å². The number of rotatable bonds is 5. The molecule has 0 saturated heterocycles. The summed E-state index contributed by atoms with van der Waals surface area (Å²) in [5, 5.41) is 7.47. The van der Waals surface area contributed by atoms with Crippen LogP contribution < -0.4 is 0 Å². The van der Waals surface area contributed by atoms with Gasteiger partial charge in [0, 0.05) is 18.9 Å². The number of H-pyrrole nitrogens is 1. The van der Waals surface area contributed by atoms with Crippen LogP contribution in [0, 0.1) is 5.82 Å². The lowest BCUT2D eigenvalue weighted by Gasteiger charge is -2.02. The topological polar surface area (TPSA) is 59.4 Å². The van der Waals surface area contributed by atoms with Crippen LogP contribution >= 0.6 is 11.8 Å². The van der Waals surface area contributed by atoms with Crippen LogP contribution in [0.3, 0.4) is 0 Å². The molecule has 21 heavy (non-hydrogen) atoms. The highest BCUT2D eigenvalue weighted by molar-refractivity contribution is 7.98. The first kappa shape index (κ1) is 13.8. The van der Waals surface area contributed by atoms with Crippen LogP contribution in [-0.4, -0.2) is 24.7 Å². The second kappa shape index (κ2) is 6.09. The van der Waals surface area contributed by atoms with Gasteiger partial charge in [-0.3, -0.25) is 5.10 Å². The number of nitrogens with zero attached hydrogens (tertiary/aromatic N) is 4. The Bertz CT molecular complexity index is 736. The highest BCUT2D eigenvalue weighted by atomic mass is 32.2. The van der Waals surface area contributed by atoms with Crippen LogP contribution in [0.4, 0.5) is 4.39 Å². The predicted molar refractivity (Wildman–Crippen MR) is 79.2 cm³/mol. The van der Waals surface area contributed by atoms with Crippen molar-refractivity contribution >= 4 is 11.8 Å². The molecule has 0 spiro atoms. The number of hydrogen-bond donors (Lipinski definition) is 1. The molecule has 1 aromatic carbocycles. The standard InChI is InChI=1S/C14H14FN5S/c1-2-20-8-7-16-12(20)9-21-14-17-13(18-19-14)10-5-3-4-6-11(10)15/h3-8H,2,9H2,1H3,(H,17,18,19). The minimum Gasteiger partial charge on any atom is -0.335 e. The van der Waals surface area contributed by atoms with E-state index in [1.165, 1.54) is 17.8 Å². The quantitative estimate of drug-likeness (QED) is 0.736. The van der Waals surface area contributed by atoms with Crippen molar-refractivity contribution in [3.8, 4) is 11.4 Å². The summed E-state index contributed by atoms with van der Waals surface area (Å²) in [5.74, 6) is 1.77. The van der Waals surface area contributed by atoms with Crippen molar-refractivity contribution in [1.29, 1.82) is 0 Å². The molecular weight excluding hydrogens is 289 g/mol. The fourth-order valence-corrected chi connectivity index (χ4v) is 2.75. The zero-order valence-electron chi connectivity index (χ0n) is 11.5. The molecule has 0 fully saturated rings. The first-order valence-corrected chi connectivity index (χ1v) is 7.56. The highest BCUT2D eigenvalue weighted by Crippen LogP contribution is 2.23. The first-order chi connectivity index (χ1) is 10.3. The van der Waals surface area contributed by atoms with Gasteiger partial charge in [0.2, 0.25) is 5.16 Å². The number of nitrogens with one attached hydrogen (secondary N) is 1. The van der Waals surface area contributed by atoms with Gasteiger partial charge in [-0.15, -0.1) is 5.10 Å². The van der Waals surface area contributed by atoms with Gasteiger partial charge in [0.15, 0.2) is 5.82 Å². The molecule has 0 amide bonds. The normalized spacial score (nSPS) is 11.0. The molecule has 0 unspecified atom stereocenters. The van der Waals surface area contributed by atoms with Crippen LogP contribution in [0.25, 0.3) is 11.4 Å². The Morgan fingerprint density at radius 2 is 2.19 bits per heavy atom. The molecule has 0 radical (unpaired) electrons. The lowest BCUT2D eigenvalue weighted by molar-refractivity contribution is 0.630. The van der Waals surface area contributed by atoms with E-state index < -0.39 is 0 Å². The van der Waals surface area contributed by atoms with Crippen molar-refractivity contribution in [3.63, 3.8) is 0 Å². The average molecular weight is 303 g/mol. The summed E-state index contributed by atoms with van der Waals surface area (Å²) >= 11 is 1.47. The predicted octanol–water partition coefficient (Wildman–Crippen LogP) is 3.12. The third-order valence-corrected chi connectivity index (χ3v) is 3.91. The first-order valence-electron chi connectivity index (χ1n) is 6.58. The maximum atomic E-state index is 13.7. The molecule has 3 rings (SSSR count). The lowest BCUT2D eigenvalue weighted by Crippen LogP contribution is -1.99. The van der Waals surface area contributed by atoms with Crippen LogP contribution in [0.15, 0.2) is 41.8 Å². The molecule has 0 aliphatic rings. The number of aryl methyl sites for hydroxylation is 1. The third-order valence-electron chi connectivity index (χ3n) is 3.07. The molecule has 0 bridgehead atoms. The van der Waals surface area contributed by atoms with Gasteiger partial charge < -0.3 is 4.57 Å². The molecule has 2 heterocycles. The van der Waals surface area contributed by atoms with Gasteiger partial charge in [-0.25, -0.2) is 14.4 Å². The Morgan fingerprint density at radius 3 is 3.00 bits per heavy atom. The van der Waals surface area contributed by atoms with Crippen LogP contribution in [0.1, 0.15) is 12.7 Å². The largest absolute Gasteiger partial charge is 0.335 e. The van der Waals surface area contributed by atoms with Gasteiger partial charge in [0.25, 0.3) is 0 Å². The molecule has 0 saturated carbocycles. The molecule has 0 aliphatic carbocycles. The molecule has 7 heteroatoms. The number of benzene rings is 1. The number of imidazole rings is 1. The van der Waals surface area contributed by atoms with Crippen molar-refractivity contribution in [2.24, 2.45) is 0 Å². The van der Waals surface area contributed by atoms with Crippen molar-refractivity contribution in [2.75, 3.05) is 0 Å². The van der Waals surface area contributed by atoms with E-state index in [1.54, 1.807) is 24.4 Å². The number of thioether (sulfide) groups is 1. The van der Waals surface area contributed by atoms with Gasteiger partial charge >= 0.3 is 0 Å². The van der Waals surface area contributed by atoms with Crippen molar-refractivity contribution < 1.29 is 4.39 Å². The molecule has 5 nitrogen and oxygen atoms in total. The highest BCUT2D eigenvalue weighted by Gasteiger charge is 2.11. The maximum Gasteiger partial charge on any atom is 0.209 e. The second-order valence-electron chi connectivity index (χ2n) is 4.36. The summed E-state index contributed by atoms with van der Waals surface area (Å²) in [5.41, 5.74) is 0.423. The SMILES string of the molecule is CCn1ccnc1CSc1n[nH]c(-c2ccccc2F)n1. The van der Waals surface area contributed by atoms with E-state index in [0.717, 1.165) is 12.4 Å². The van der Waals surface area contributed by atoms with Crippen LogP contribution in [-0.2, 0) is 12.3 Å². The van der Waals surface area contributed by atoms with Crippen LogP contribution in [0.5, 0.6) is 0 Å². The van der Waals surface area contributed by atoms with E-state index in [4.69, 9.17) is 0 Å². The fraction of sp³-hybridized carbons (Fsp3) is 0.214. The van der Waals surface area contributed by atoms with Gasteiger partial charge in [-0.1, -0.05) is 23.9 Å². The lowest BCUT2D eigenvalue weighted by atomic mass is 10.2.